The van der Waals surface area contributed by atoms with E-state index in [1.165, 1.54) is 0 Å². The third-order valence-electron chi connectivity index (χ3n) is 3.66. The molecule has 1 aromatic heterocycles. The van der Waals surface area contributed by atoms with E-state index in [1.807, 2.05) is 20.2 Å². The molecule has 2 aromatic rings. The SMILES string of the molecule is CCOc1ccc(C(=O)CCC(=O)N(C)Cc2cnn(C)c2)cc1. The van der Waals surface area contributed by atoms with E-state index < -0.39 is 0 Å². The van der Waals surface area contributed by atoms with Gasteiger partial charge in [0.25, 0.3) is 0 Å². The molecule has 0 saturated carbocycles. The number of hydrogen-bond acceptors (Lipinski definition) is 4. The summed E-state index contributed by atoms with van der Waals surface area (Å²) in [4.78, 5) is 25.9. The molecule has 6 heteroatoms. The third-order valence-corrected chi connectivity index (χ3v) is 3.66. The summed E-state index contributed by atoms with van der Waals surface area (Å²) >= 11 is 0. The van der Waals surface area contributed by atoms with Gasteiger partial charge in [-0.05, 0) is 31.2 Å². The number of carbonyl (C=O) groups is 2. The second-order valence-corrected chi connectivity index (χ2v) is 5.65. The van der Waals surface area contributed by atoms with E-state index in [0.717, 1.165) is 11.3 Å². The minimum Gasteiger partial charge on any atom is -0.494 e. The molecule has 0 aliphatic carbocycles. The number of aromatic nitrogens is 2. The van der Waals surface area contributed by atoms with Gasteiger partial charge in [-0.1, -0.05) is 0 Å². The predicted octanol–water partition coefficient (Wildman–Crippen LogP) is 2.44. The smallest absolute Gasteiger partial charge is 0.223 e. The molecule has 128 valence electrons. The third kappa shape index (κ3) is 4.94. The summed E-state index contributed by atoms with van der Waals surface area (Å²) in [6, 6.07) is 7.01. The van der Waals surface area contributed by atoms with E-state index in [0.29, 0.717) is 18.7 Å². The summed E-state index contributed by atoms with van der Waals surface area (Å²) in [5.41, 5.74) is 1.56. The monoisotopic (exact) mass is 329 g/mol. The maximum Gasteiger partial charge on any atom is 0.223 e. The second kappa shape index (κ2) is 8.29. The van der Waals surface area contributed by atoms with Gasteiger partial charge in [-0.25, -0.2) is 0 Å². The highest BCUT2D eigenvalue weighted by Gasteiger charge is 2.13. The van der Waals surface area contributed by atoms with Crippen LogP contribution in [-0.2, 0) is 18.4 Å². The van der Waals surface area contributed by atoms with Crippen LogP contribution in [0.5, 0.6) is 5.75 Å². The summed E-state index contributed by atoms with van der Waals surface area (Å²) in [6.45, 7) is 2.99. The van der Waals surface area contributed by atoms with Crippen LogP contribution in [0.4, 0.5) is 0 Å². The van der Waals surface area contributed by atoms with Crippen LogP contribution < -0.4 is 4.74 Å². The fourth-order valence-electron chi connectivity index (χ4n) is 2.37. The van der Waals surface area contributed by atoms with Gasteiger partial charge in [-0.2, -0.15) is 5.10 Å². The van der Waals surface area contributed by atoms with Gasteiger partial charge in [0, 0.05) is 50.8 Å². The van der Waals surface area contributed by atoms with E-state index in [4.69, 9.17) is 4.74 Å². The Hall–Kier alpha value is -2.63. The Labute approximate surface area is 142 Å². The van der Waals surface area contributed by atoms with Crippen LogP contribution >= 0.6 is 0 Å². The fourth-order valence-corrected chi connectivity index (χ4v) is 2.37. The Morgan fingerprint density at radius 1 is 1.21 bits per heavy atom. The average Bonchev–Trinajstić information content (AvgIpc) is 2.98. The highest BCUT2D eigenvalue weighted by atomic mass is 16.5. The number of carbonyl (C=O) groups excluding carboxylic acids is 2. The van der Waals surface area contributed by atoms with Crippen molar-refractivity contribution in [2.45, 2.75) is 26.3 Å². The van der Waals surface area contributed by atoms with Crippen molar-refractivity contribution in [3.63, 3.8) is 0 Å². The molecule has 24 heavy (non-hydrogen) atoms. The number of hydrogen-bond donors (Lipinski definition) is 0. The average molecular weight is 329 g/mol. The Kier molecular flexibility index (Phi) is 6.12. The molecule has 0 aliphatic rings. The lowest BCUT2D eigenvalue weighted by Gasteiger charge is -2.15. The first-order valence-electron chi connectivity index (χ1n) is 7.97. The molecule has 0 N–H and O–H groups in total. The zero-order valence-corrected chi connectivity index (χ0v) is 14.4. The molecule has 0 saturated heterocycles. The standard InChI is InChI=1S/C18H23N3O3/c1-4-24-16-7-5-15(6-8-16)17(22)9-10-18(23)20(2)12-14-11-19-21(3)13-14/h5-8,11,13H,4,9-10,12H2,1-3H3. The summed E-state index contributed by atoms with van der Waals surface area (Å²) in [6.07, 6.45) is 4.00. The quantitative estimate of drug-likeness (QED) is 0.698. The van der Waals surface area contributed by atoms with E-state index in [1.54, 1.807) is 47.1 Å². The first-order chi connectivity index (χ1) is 11.5. The van der Waals surface area contributed by atoms with Crippen molar-refractivity contribution in [1.82, 2.24) is 14.7 Å². The molecular formula is C18H23N3O3. The molecule has 2 rings (SSSR count). The van der Waals surface area contributed by atoms with Crippen molar-refractivity contribution in [2.75, 3.05) is 13.7 Å². The molecule has 1 aromatic carbocycles. The fraction of sp³-hybridized carbons (Fsp3) is 0.389. The van der Waals surface area contributed by atoms with Crippen LogP contribution in [0.1, 0.15) is 35.7 Å². The van der Waals surface area contributed by atoms with Crippen molar-refractivity contribution in [1.29, 1.82) is 0 Å². The summed E-state index contributed by atoms with van der Waals surface area (Å²) < 4.78 is 7.05. The molecular weight excluding hydrogens is 306 g/mol. The van der Waals surface area contributed by atoms with Gasteiger partial charge in [-0.3, -0.25) is 14.3 Å². The second-order valence-electron chi connectivity index (χ2n) is 5.65. The van der Waals surface area contributed by atoms with Crippen LogP contribution in [0.15, 0.2) is 36.7 Å². The van der Waals surface area contributed by atoms with Gasteiger partial charge < -0.3 is 9.64 Å². The Morgan fingerprint density at radius 2 is 1.92 bits per heavy atom. The Balaban J connectivity index is 1.82. The zero-order valence-electron chi connectivity index (χ0n) is 14.4. The van der Waals surface area contributed by atoms with Crippen LogP contribution in [0, 0.1) is 0 Å². The lowest BCUT2D eigenvalue weighted by atomic mass is 10.1. The van der Waals surface area contributed by atoms with Crippen LogP contribution in [0.25, 0.3) is 0 Å². The van der Waals surface area contributed by atoms with Crippen molar-refractivity contribution < 1.29 is 14.3 Å². The van der Waals surface area contributed by atoms with Gasteiger partial charge in [-0.15, -0.1) is 0 Å². The van der Waals surface area contributed by atoms with E-state index in [2.05, 4.69) is 5.10 Å². The number of benzene rings is 1. The van der Waals surface area contributed by atoms with Crippen LogP contribution in [0.3, 0.4) is 0 Å². The molecule has 0 spiro atoms. The molecule has 0 atom stereocenters. The topological polar surface area (TPSA) is 64.4 Å². The number of Topliss-reactive ketones (excluding diaryl/α,β-unsaturated/α-hetero) is 1. The largest absolute Gasteiger partial charge is 0.494 e. The Bertz CT molecular complexity index is 692. The summed E-state index contributed by atoms with van der Waals surface area (Å²) in [5.74, 6) is 0.639. The summed E-state index contributed by atoms with van der Waals surface area (Å²) in [5, 5.41) is 4.08. The highest BCUT2D eigenvalue weighted by Crippen LogP contribution is 2.14. The van der Waals surface area contributed by atoms with Gasteiger partial charge >= 0.3 is 0 Å². The normalized spacial score (nSPS) is 10.5. The maximum absolute atomic E-state index is 12.2. The molecule has 1 amide bonds. The number of ketones is 1. The van der Waals surface area contributed by atoms with E-state index >= 15 is 0 Å². The minimum atomic E-state index is -0.0573. The number of ether oxygens (including phenoxy) is 1. The first kappa shape index (κ1) is 17.7. The molecule has 0 aliphatic heterocycles. The first-order valence-corrected chi connectivity index (χ1v) is 7.97. The minimum absolute atomic E-state index is 0.0406. The lowest BCUT2D eigenvalue weighted by Crippen LogP contribution is -2.26. The molecule has 0 unspecified atom stereocenters. The van der Waals surface area contributed by atoms with Gasteiger partial charge in [0.15, 0.2) is 5.78 Å². The number of aryl methyl sites for hydroxylation is 1. The van der Waals surface area contributed by atoms with Gasteiger partial charge in [0.1, 0.15) is 5.75 Å². The molecule has 6 nitrogen and oxygen atoms in total. The van der Waals surface area contributed by atoms with E-state index in [-0.39, 0.29) is 24.5 Å². The zero-order chi connectivity index (χ0) is 17.5. The highest BCUT2D eigenvalue weighted by molar-refractivity contribution is 5.98. The van der Waals surface area contributed by atoms with Crippen LogP contribution in [0.2, 0.25) is 0 Å². The van der Waals surface area contributed by atoms with Crippen molar-refractivity contribution in [3.05, 3.63) is 47.8 Å². The molecule has 0 fully saturated rings. The molecule has 0 radical (unpaired) electrons. The van der Waals surface area contributed by atoms with Crippen molar-refractivity contribution in [2.24, 2.45) is 7.05 Å². The van der Waals surface area contributed by atoms with Gasteiger partial charge in [0.2, 0.25) is 5.91 Å². The van der Waals surface area contributed by atoms with E-state index in [9.17, 15) is 9.59 Å². The van der Waals surface area contributed by atoms with Crippen molar-refractivity contribution >= 4 is 11.7 Å². The number of amides is 1. The van der Waals surface area contributed by atoms with Crippen LogP contribution in [-0.4, -0.2) is 40.0 Å². The maximum atomic E-state index is 12.2. The van der Waals surface area contributed by atoms with Gasteiger partial charge in [0.05, 0.1) is 12.8 Å². The molecule has 1 heterocycles. The Morgan fingerprint density at radius 3 is 2.50 bits per heavy atom. The lowest BCUT2D eigenvalue weighted by molar-refractivity contribution is -0.130. The number of rotatable bonds is 8. The summed E-state index contributed by atoms with van der Waals surface area (Å²) in [7, 11) is 3.57. The molecule has 0 bridgehead atoms. The number of nitrogens with zero attached hydrogens (tertiary/aromatic N) is 3. The van der Waals surface area contributed by atoms with Crippen molar-refractivity contribution in [3.8, 4) is 5.75 Å². The predicted molar refractivity (Wildman–Crippen MR) is 90.9 cm³/mol.